The molecular formula is C20H24FN3. The van der Waals surface area contributed by atoms with Gasteiger partial charge in [-0.25, -0.2) is 4.39 Å². The first-order valence-corrected chi connectivity index (χ1v) is 8.55. The SMILES string of the molecule is CC1CCCN(Cc2ccc(C=NNc3ccccc3)cc2F)C1. The monoisotopic (exact) mass is 325 g/mol. The van der Waals surface area contributed by atoms with Crippen molar-refractivity contribution in [1.82, 2.24) is 4.90 Å². The fourth-order valence-corrected chi connectivity index (χ4v) is 3.14. The van der Waals surface area contributed by atoms with Crippen molar-refractivity contribution in [2.45, 2.75) is 26.3 Å². The van der Waals surface area contributed by atoms with Crippen molar-refractivity contribution in [2.75, 3.05) is 18.5 Å². The van der Waals surface area contributed by atoms with Gasteiger partial charge < -0.3 is 0 Å². The summed E-state index contributed by atoms with van der Waals surface area (Å²) in [5.41, 5.74) is 5.36. The number of halogens is 1. The largest absolute Gasteiger partial charge is 0.299 e. The van der Waals surface area contributed by atoms with Gasteiger partial charge in [0.2, 0.25) is 0 Å². The molecule has 2 aromatic rings. The Morgan fingerprint density at radius 3 is 2.83 bits per heavy atom. The molecule has 0 aliphatic carbocycles. The third kappa shape index (κ3) is 4.65. The molecule has 0 aromatic heterocycles. The molecular weight excluding hydrogens is 301 g/mol. The minimum absolute atomic E-state index is 0.156. The Balaban J connectivity index is 1.59. The second-order valence-corrected chi connectivity index (χ2v) is 6.57. The number of likely N-dealkylation sites (tertiary alicyclic amines) is 1. The molecule has 1 saturated heterocycles. The molecule has 3 rings (SSSR count). The summed E-state index contributed by atoms with van der Waals surface area (Å²) in [6, 6.07) is 15.0. The van der Waals surface area contributed by atoms with Crippen LogP contribution in [0.4, 0.5) is 10.1 Å². The molecule has 24 heavy (non-hydrogen) atoms. The van der Waals surface area contributed by atoms with E-state index in [1.165, 1.54) is 12.8 Å². The van der Waals surface area contributed by atoms with E-state index in [2.05, 4.69) is 22.4 Å². The van der Waals surface area contributed by atoms with Crippen LogP contribution in [0.2, 0.25) is 0 Å². The van der Waals surface area contributed by atoms with Crippen molar-refractivity contribution in [1.29, 1.82) is 0 Å². The maximum absolute atomic E-state index is 14.3. The van der Waals surface area contributed by atoms with Gasteiger partial charge in [0, 0.05) is 18.7 Å². The summed E-state index contributed by atoms with van der Waals surface area (Å²) < 4.78 is 14.3. The van der Waals surface area contributed by atoms with Gasteiger partial charge in [-0.1, -0.05) is 37.3 Å². The predicted molar refractivity (Wildman–Crippen MR) is 97.7 cm³/mol. The zero-order valence-corrected chi connectivity index (χ0v) is 14.1. The fraction of sp³-hybridized carbons (Fsp3) is 0.350. The third-order valence-electron chi connectivity index (χ3n) is 4.39. The molecule has 1 fully saturated rings. The van der Waals surface area contributed by atoms with Crippen LogP contribution in [0.25, 0.3) is 0 Å². The summed E-state index contributed by atoms with van der Waals surface area (Å²) in [5.74, 6) is 0.550. The Morgan fingerprint density at radius 1 is 1.25 bits per heavy atom. The lowest BCUT2D eigenvalue weighted by molar-refractivity contribution is 0.175. The lowest BCUT2D eigenvalue weighted by Gasteiger charge is -2.30. The second-order valence-electron chi connectivity index (χ2n) is 6.57. The molecule has 4 heteroatoms. The minimum Gasteiger partial charge on any atom is -0.299 e. The van der Waals surface area contributed by atoms with Gasteiger partial charge in [0.25, 0.3) is 0 Å². The minimum atomic E-state index is -0.156. The smallest absolute Gasteiger partial charge is 0.128 e. The maximum Gasteiger partial charge on any atom is 0.128 e. The molecule has 1 N–H and O–H groups in total. The van der Waals surface area contributed by atoms with E-state index in [1.807, 2.05) is 42.5 Å². The van der Waals surface area contributed by atoms with Crippen LogP contribution in [0.5, 0.6) is 0 Å². The van der Waals surface area contributed by atoms with E-state index in [1.54, 1.807) is 12.3 Å². The highest BCUT2D eigenvalue weighted by atomic mass is 19.1. The summed E-state index contributed by atoms with van der Waals surface area (Å²) in [6.07, 6.45) is 4.13. The molecule has 126 valence electrons. The second kappa shape index (κ2) is 8.06. The van der Waals surface area contributed by atoms with Gasteiger partial charge in [0.05, 0.1) is 11.9 Å². The van der Waals surface area contributed by atoms with Crippen LogP contribution in [0.3, 0.4) is 0 Å². The van der Waals surface area contributed by atoms with Crippen LogP contribution in [0, 0.1) is 11.7 Å². The van der Waals surface area contributed by atoms with Gasteiger partial charge >= 0.3 is 0 Å². The van der Waals surface area contributed by atoms with Crippen LogP contribution >= 0.6 is 0 Å². The Morgan fingerprint density at radius 2 is 2.08 bits per heavy atom. The highest BCUT2D eigenvalue weighted by molar-refractivity contribution is 5.80. The lowest BCUT2D eigenvalue weighted by atomic mass is 9.99. The number of benzene rings is 2. The van der Waals surface area contributed by atoms with Crippen LogP contribution < -0.4 is 5.43 Å². The molecule has 0 spiro atoms. The van der Waals surface area contributed by atoms with Gasteiger partial charge in [-0.05, 0) is 49.1 Å². The van der Waals surface area contributed by atoms with Crippen molar-refractivity contribution in [3.8, 4) is 0 Å². The summed E-state index contributed by atoms with van der Waals surface area (Å²) in [4.78, 5) is 2.34. The van der Waals surface area contributed by atoms with E-state index in [-0.39, 0.29) is 5.82 Å². The predicted octanol–water partition coefficient (Wildman–Crippen LogP) is 4.50. The van der Waals surface area contributed by atoms with E-state index in [4.69, 9.17) is 0 Å². The van der Waals surface area contributed by atoms with Crippen LogP contribution in [0.1, 0.15) is 30.9 Å². The third-order valence-corrected chi connectivity index (χ3v) is 4.39. The number of anilines is 1. The fourth-order valence-electron chi connectivity index (χ4n) is 3.14. The first kappa shape index (κ1) is 16.7. The van der Waals surface area contributed by atoms with Gasteiger partial charge in [-0.2, -0.15) is 5.10 Å². The average molecular weight is 325 g/mol. The Hall–Kier alpha value is -2.20. The molecule has 1 atom stereocenters. The number of hydrazone groups is 1. The summed E-state index contributed by atoms with van der Waals surface area (Å²) >= 11 is 0. The standard InChI is InChI=1S/C20H24FN3/c1-16-6-5-11-24(14-16)15-18-10-9-17(12-20(18)21)13-22-23-19-7-3-2-4-8-19/h2-4,7-10,12-13,16,23H,5-6,11,14-15H2,1H3. The average Bonchev–Trinajstić information content (AvgIpc) is 2.58. The summed E-state index contributed by atoms with van der Waals surface area (Å²) in [6.45, 7) is 5.08. The van der Waals surface area contributed by atoms with Crippen LogP contribution in [-0.4, -0.2) is 24.2 Å². The van der Waals surface area contributed by atoms with Crippen molar-refractivity contribution < 1.29 is 4.39 Å². The van der Waals surface area contributed by atoms with Gasteiger partial charge in [0.15, 0.2) is 0 Å². The number of nitrogens with zero attached hydrogens (tertiary/aromatic N) is 2. The number of hydrogen-bond donors (Lipinski definition) is 1. The number of para-hydroxylation sites is 1. The molecule has 1 heterocycles. The Labute approximate surface area is 143 Å². The van der Waals surface area contributed by atoms with E-state index in [9.17, 15) is 4.39 Å². The first-order valence-electron chi connectivity index (χ1n) is 8.55. The number of rotatable bonds is 5. The molecule has 0 radical (unpaired) electrons. The Bertz CT molecular complexity index is 685. The van der Waals surface area contributed by atoms with E-state index in [0.717, 1.165) is 29.9 Å². The highest BCUT2D eigenvalue weighted by Gasteiger charge is 2.17. The topological polar surface area (TPSA) is 27.6 Å². The summed E-state index contributed by atoms with van der Waals surface area (Å²) in [7, 11) is 0. The van der Waals surface area contributed by atoms with E-state index >= 15 is 0 Å². The molecule has 0 amide bonds. The van der Waals surface area contributed by atoms with Gasteiger partial charge in [0.1, 0.15) is 5.82 Å². The molecule has 0 saturated carbocycles. The maximum atomic E-state index is 14.3. The molecule has 0 bridgehead atoms. The quantitative estimate of drug-likeness (QED) is 0.647. The van der Waals surface area contributed by atoms with Gasteiger partial charge in [-0.15, -0.1) is 0 Å². The molecule has 2 aromatic carbocycles. The van der Waals surface area contributed by atoms with Crippen molar-refractivity contribution in [2.24, 2.45) is 11.0 Å². The molecule has 1 aliphatic rings. The van der Waals surface area contributed by atoms with Crippen molar-refractivity contribution >= 4 is 11.9 Å². The summed E-state index contributed by atoms with van der Waals surface area (Å²) in [5, 5.41) is 4.16. The zero-order valence-electron chi connectivity index (χ0n) is 14.1. The first-order chi connectivity index (χ1) is 11.7. The van der Waals surface area contributed by atoms with E-state index in [0.29, 0.717) is 12.5 Å². The van der Waals surface area contributed by atoms with Crippen LogP contribution in [0.15, 0.2) is 53.6 Å². The van der Waals surface area contributed by atoms with Gasteiger partial charge in [-0.3, -0.25) is 10.3 Å². The zero-order chi connectivity index (χ0) is 16.8. The normalized spacial score (nSPS) is 18.8. The van der Waals surface area contributed by atoms with Crippen molar-refractivity contribution in [3.63, 3.8) is 0 Å². The van der Waals surface area contributed by atoms with Crippen LogP contribution in [-0.2, 0) is 6.54 Å². The highest BCUT2D eigenvalue weighted by Crippen LogP contribution is 2.19. The van der Waals surface area contributed by atoms with E-state index < -0.39 is 0 Å². The Kier molecular flexibility index (Phi) is 5.59. The molecule has 1 unspecified atom stereocenters. The van der Waals surface area contributed by atoms with Crippen molar-refractivity contribution in [3.05, 3.63) is 65.5 Å². The number of hydrogen-bond acceptors (Lipinski definition) is 3. The molecule has 1 aliphatic heterocycles. The lowest BCUT2D eigenvalue weighted by Crippen LogP contribution is -2.33. The number of nitrogens with one attached hydrogen (secondary N) is 1. The molecule has 3 nitrogen and oxygen atoms in total. The number of piperidine rings is 1.